The van der Waals surface area contributed by atoms with Gasteiger partial charge in [0.25, 0.3) is 5.91 Å². The van der Waals surface area contributed by atoms with E-state index in [4.69, 9.17) is 0 Å². The fourth-order valence-electron chi connectivity index (χ4n) is 3.08. The third-order valence-corrected chi connectivity index (χ3v) is 4.18. The Kier molecular flexibility index (Phi) is 6.09. The molecule has 1 aliphatic carbocycles. The first-order valence-electron chi connectivity index (χ1n) is 8.30. The molecule has 1 aromatic carbocycles. The van der Waals surface area contributed by atoms with E-state index in [1.807, 2.05) is 24.3 Å². The van der Waals surface area contributed by atoms with Gasteiger partial charge >= 0.3 is 0 Å². The van der Waals surface area contributed by atoms with Gasteiger partial charge in [-0.25, -0.2) is 0 Å². The van der Waals surface area contributed by atoms with Crippen LogP contribution in [-0.4, -0.2) is 18.5 Å². The summed E-state index contributed by atoms with van der Waals surface area (Å²) in [5.74, 6) is 0.845. The van der Waals surface area contributed by atoms with Crippen molar-refractivity contribution >= 4 is 11.6 Å². The largest absolute Gasteiger partial charge is 0.382 e. The zero-order valence-corrected chi connectivity index (χ0v) is 13.3. The lowest BCUT2D eigenvalue weighted by Gasteiger charge is -2.21. The number of nitrogens with one attached hydrogen (secondary N) is 2. The lowest BCUT2D eigenvalue weighted by Crippen LogP contribution is -2.27. The Morgan fingerprint density at radius 1 is 1.19 bits per heavy atom. The fraction of sp³-hybridized carbons (Fsp3) is 0.611. The van der Waals surface area contributed by atoms with Crippen molar-refractivity contribution in [3.63, 3.8) is 0 Å². The molecule has 1 aromatic rings. The first-order valence-corrected chi connectivity index (χ1v) is 8.30. The number of amides is 1. The highest BCUT2D eigenvalue weighted by molar-refractivity contribution is 5.99. The van der Waals surface area contributed by atoms with E-state index >= 15 is 0 Å². The first-order chi connectivity index (χ1) is 10.2. The summed E-state index contributed by atoms with van der Waals surface area (Å²) in [5.41, 5.74) is 1.66. The fourth-order valence-corrected chi connectivity index (χ4v) is 3.08. The lowest BCUT2D eigenvalue weighted by atomic mass is 9.87. The Labute approximate surface area is 128 Å². The molecule has 2 rings (SSSR count). The van der Waals surface area contributed by atoms with Gasteiger partial charge in [0.2, 0.25) is 0 Å². The zero-order valence-electron chi connectivity index (χ0n) is 13.3. The van der Waals surface area contributed by atoms with Gasteiger partial charge in [-0.05, 0) is 38.3 Å². The second kappa shape index (κ2) is 8.06. The highest BCUT2D eigenvalue weighted by Gasteiger charge is 2.15. The van der Waals surface area contributed by atoms with E-state index in [0.29, 0.717) is 6.04 Å². The van der Waals surface area contributed by atoms with E-state index < -0.39 is 0 Å². The van der Waals surface area contributed by atoms with Crippen LogP contribution in [0.5, 0.6) is 0 Å². The van der Waals surface area contributed by atoms with Crippen LogP contribution in [0.3, 0.4) is 0 Å². The van der Waals surface area contributed by atoms with Crippen molar-refractivity contribution < 1.29 is 4.79 Å². The van der Waals surface area contributed by atoms with Crippen LogP contribution >= 0.6 is 0 Å². The monoisotopic (exact) mass is 288 g/mol. The van der Waals surface area contributed by atoms with E-state index in [1.165, 1.54) is 32.1 Å². The van der Waals surface area contributed by atoms with Crippen molar-refractivity contribution in [3.05, 3.63) is 29.8 Å². The van der Waals surface area contributed by atoms with Crippen LogP contribution in [0.4, 0.5) is 5.69 Å². The Bertz CT molecular complexity index is 450. The SMILES string of the molecule is CC(C)Nc1ccccc1C(=O)NCCC1CCCCC1. The molecular formula is C18H28N2O. The summed E-state index contributed by atoms with van der Waals surface area (Å²) in [6.07, 6.45) is 7.89. The zero-order chi connectivity index (χ0) is 15.1. The molecular weight excluding hydrogens is 260 g/mol. The molecule has 116 valence electrons. The molecule has 0 aromatic heterocycles. The molecule has 0 aliphatic heterocycles. The van der Waals surface area contributed by atoms with E-state index in [9.17, 15) is 4.79 Å². The molecule has 0 atom stereocenters. The highest BCUT2D eigenvalue weighted by Crippen LogP contribution is 2.25. The summed E-state index contributed by atoms with van der Waals surface area (Å²) in [6, 6.07) is 8.06. The average Bonchev–Trinajstić information content (AvgIpc) is 2.48. The molecule has 1 saturated carbocycles. The minimum atomic E-state index is 0.0366. The number of benzene rings is 1. The molecule has 3 heteroatoms. The maximum absolute atomic E-state index is 12.3. The van der Waals surface area contributed by atoms with Gasteiger partial charge < -0.3 is 10.6 Å². The smallest absolute Gasteiger partial charge is 0.253 e. The predicted molar refractivity (Wildman–Crippen MR) is 88.7 cm³/mol. The van der Waals surface area contributed by atoms with Crippen LogP contribution in [0.15, 0.2) is 24.3 Å². The summed E-state index contributed by atoms with van der Waals surface area (Å²) in [6.45, 7) is 4.95. The third-order valence-electron chi connectivity index (χ3n) is 4.18. The van der Waals surface area contributed by atoms with Crippen LogP contribution < -0.4 is 10.6 Å². The van der Waals surface area contributed by atoms with Gasteiger partial charge in [-0.2, -0.15) is 0 Å². The maximum atomic E-state index is 12.3. The van der Waals surface area contributed by atoms with Crippen LogP contribution in [0.1, 0.15) is 62.7 Å². The number of hydrogen-bond acceptors (Lipinski definition) is 2. The van der Waals surface area contributed by atoms with Gasteiger partial charge in [-0.1, -0.05) is 44.2 Å². The molecule has 1 aliphatic rings. The number of para-hydroxylation sites is 1. The van der Waals surface area contributed by atoms with Gasteiger partial charge in [-0.3, -0.25) is 4.79 Å². The molecule has 21 heavy (non-hydrogen) atoms. The van der Waals surface area contributed by atoms with Crippen molar-refractivity contribution in [1.82, 2.24) is 5.32 Å². The molecule has 0 bridgehead atoms. The number of anilines is 1. The molecule has 0 radical (unpaired) electrons. The number of hydrogen-bond donors (Lipinski definition) is 2. The van der Waals surface area contributed by atoms with E-state index in [-0.39, 0.29) is 5.91 Å². The quantitative estimate of drug-likeness (QED) is 0.823. The Morgan fingerprint density at radius 2 is 1.90 bits per heavy atom. The van der Waals surface area contributed by atoms with Gasteiger partial charge in [0.15, 0.2) is 0 Å². The van der Waals surface area contributed by atoms with Gasteiger partial charge in [0.05, 0.1) is 5.56 Å². The summed E-state index contributed by atoms with van der Waals surface area (Å²) in [7, 11) is 0. The van der Waals surface area contributed by atoms with Crippen LogP contribution in [0.2, 0.25) is 0 Å². The summed E-state index contributed by atoms with van der Waals surface area (Å²) < 4.78 is 0. The minimum Gasteiger partial charge on any atom is -0.382 e. The number of carbonyl (C=O) groups excluding carboxylic acids is 1. The molecule has 0 saturated heterocycles. The summed E-state index contributed by atoms with van der Waals surface area (Å²) in [5, 5.41) is 6.41. The minimum absolute atomic E-state index is 0.0366. The Balaban J connectivity index is 1.85. The second-order valence-corrected chi connectivity index (χ2v) is 6.39. The normalized spacial score (nSPS) is 16.0. The van der Waals surface area contributed by atoms with E-state index in [0.717, 1.165) is 30.1 Å². The predicted octanol–water partition coefficient (Wildman–Crippen LogP) is 4.21. The molecule has 1 fully saturated rings. The summed E-state index contributed by atoms with van der Waals surface area (Å²) in [4.78, 5) is 12.3. The van der Waals surface area contributed by atoms with Gasteiger partial charge in [0.1, 0.15) is 0 Å². The van der Waals surface area contributed by atoms with Crippen molar-refractivity contribution in [3.8, 4) is 0 Å². The molecule has 0 unspecified atom stereocenters. The third kappa shape index (κ3) is 5.07. The maximum Gasteiger partial charge on any atom is 0.253 e. The summed E-state index contributed by atoms with van der Waals surface area (Å²) >= 11 is 0. The van der Waals surface area contributed by atoms with Crippen LogP contribution in [0.25, 0.3) is 0 Å². The molecule has 3 nitrogen and oxygen atoms in total. The van der Waals surface area contributed by atoms with Crippen LogP contribution in [-0.2, 0) is 0 Å². The van der Waals surface area contributed by atoms with Crippen molar-refractivity contribution in [2.45, 2.75) is 58.4 Å². The molecule has 2 N–H and O–H groups in total. The van der Waals surface area contributed by atoms with Crippen LogP contribution in [0, 0.1) is 5.92 Å². The second-order valence-electron chi connectivity index (χ2n) is 6.39. The molecule has 0 heterocycles. The van der Waals surface area contributed by atoms with Crippen molar-refractivity contribution in [2.75, 3.05) is 11.9 Å². The van der Waals surface area contributed by atoms with E-state index in [1.54, 1.807) is 0 Å². The van der Waals surface area contributed by atoms with Crippen molar-refractivity contribution in [2.24, 2.45) is 5.92 Å². The number of carbonyl (C=O) groups is 1. The average molecular weight is 288 g/mol. The molecule has 1 amide bonds. The van der Waals surface area contributed by atoms with Gasteiger partial charge in [-0.15, -0.1) is 0 Å². The Morgan fingerprint density at radius 3 is 2.62 bits per heavy atom. The van der Waals surface area contributed by atoms with E-state index in [2.05, 4.69) is 24.5 Å². The van der Waals surface area contributed by atoms with Gasteiger partial charge in [0, 0.05) is 18.3 Å². The number of rotatable bonds is 6. The Hall–Kier alpha value is -1.51. The first kappa shape index (κ1) is 15.9. The topological polar surface area (TPSA) is 41.1 Å². The lowest BCUT2D eigenvalue weighted by molar-refractivity contribution is 0.0951. The van der Waals surface area contributed by atoms with Crippen molar-refractivity contribution in [1.29, 1.82) is 0 Å². The standard InChI is InChI=1S/C18H28N2O/c1-14(2)20-17-11-7-6-10-16(17)18(21)19-13-12-15-8-4-3-5-9-15/h6-7,10-11,14-15,20H,3-5,8-9,12-13H2,1-2H3,(H,19,21). The molecule has 0 spiro atoms. The highest BCUT2D eigenvalue weighted by atomic mass is 16.1.